The largest absolute Gasteiger partial charge is 0.497 e. The van der Waals surface area contributed by atoms with Crippen LogP contribution in [0.3, 0.4) is 0 Å². The predicted octanol–water partition coefficient (Wildman–Crippen LogP) is 3.15. The van der Waals surface area contributed by atoms with Gasteiger partial charge in [-0.3, -0.25) is 0 Å². The number of hydrogen-bond acceptors (Lipinski definition) is 3. The number of nitrogens with one attached hydrogen (secondary N) is 1. The van der Waals surface area contributed by atoms with Crippen LogP contribution in [0.15, 0.2) is 71.9 Å². The number of nitrogens with zero attached hydrogens (tertiary/aromatic N) is 3. The van der Waals surface area contributed by atoms with E-state index in [0.29, 0.717) is 12.5 Å². The molecule has 0 bridgehead atoms. The number of hydrogen-bond donors (Lipinski definition) is 2. The highest BCUT2D eigenvalue weighted by molar-refractivity contribution is 14.0. The lowest BCUT2D eigenvalue weighted by Crippen LogP contribution is -2.33. The number of aromatic nitrogens is 2. The summed E-state index contributed by atoms with van der Waals surface area (Å²) in [6.45, 7) is 1.19. The molecular formula is C20H24IN5O. The molecule has 0 fully saturated rings. The van der Waals surface area contributed by atoms with E-state index in [1.165, 1.54) is 5.56 Å². The molecule has 6 nitrogen and oxygen atoms in total. The standard InChI is InChI=1S/C20H23N5O.HI/c1-26-19-9-7-18(8-10-19)25-14-12-17(24-25)15-23-20(21)22-13-11-16-5-3-2-4-6-16;/h2-10,12,14H,11,13,15H2,1H3,(H3,21,22,23);1H. The SMILES string of the molecule is COc1ccc(-n2ccc(CN=C(N)NCCc3ccccc3)n2)cc1.I. The number of nitrogens with two attached hydrogens (primary N) is 1. The summed E-state index contributed by atoms with van der Waals surface area (Å²) >= 11 is 0. The predicted molar refractivity (Wildman–Crippen MR) is 119 cm³/mol. The molecule has 2 aromatic carbocycles. The number of aliphatic imine (C=N–C) groups is 1. The first kappa shape index (κ1) is 20.8. The second-order valence-electron chi connectivity index (χ2n) is 5.81. The van der Waals surface area contributed by atoms with E-state index < -0.39 is 0 Å². The summed E-state index contributed by atoms with van der Waals surface area (Å²) in [5.74, 6) is 1.25. The van der Waals surface area contributed by atoms with E-state index in [4.69, 9.17) is 10.5 Å². The Balaban J connectivity index is 0.00000261. The summed E-state index contributed by atoms with van der Waals surface area (Å²) < 4.78 is 6.98. The second-order valence-corrected chi connectivity index (χ2v) is 5.81. The maximum Gasteiger partial charge on any atom is 0.188 e. The van der Waals surface area contributed by atoms with Crippen LogP contribution >= 0.6 is 24.0 Å². The zero-order valence-corrected chi connectivity index (χ0v) is 17.5. The van der Waals surface area contributed by atoms with Crippen LogP contribution < -0.4 is 15.8 Å². The first-order valence-corrected chi connectivity index (χ1v) is 8.51. The van der Waals surface area contributed by atoms with Crippen LogP contribution in [0.25, 0.3) is 5.69 Å². The summed E-state index contributed by atoms with van der Waals surface area (Å²) in [5, 5.41) is 7.65. The monoisotopic (exact) mass is 477 g/mol. The van der Waals surface area contributed by atoms with Crippen LogP contribution in [0.1, 0.15) is 11.3 Å². The lowest BCUT2D eigenvalue weighted by Gasteiger charge is -2.05. The molecule has 7 heteroatoms. The smallest absolute Gasteiger partial charge is 0.188 e. The molecule has 3 rings (SSSR count). The van der Waals surface area contributed by atoms with Crippen LogP contribution in [0.4, 0.5) is 0 Å². The molecule has 1 heterocycles. The van der Waals surface area contributed by atoms with E-state index in [2.05, 4.69) is 27.5 Å². The van der Waals surface area contributed by atoms with Crippen molar-refractivity contribution in [2.24, 2.45) is 10.7 Å². The van der Waals surface area contributed by atoms with E-state index in [0.717, 1.165) is 30.1 Å². The molecule has 0 saturated carbocycles. The van der Waals surface area contributed by atoms with Crippen molar-refractivity contribution in [2.75, 3.05) is 13.7 Å². The third-order valence-electron chi connectivity index (χ3n) is 3.96. The highest BCUT2D eigenvalue weighted by atomic mass is 127. The average Bonchev–Trinajstić information content (AvgIpc) is 3.16. The lowest BCUT2D eigenvalue weighted by molar-refractivity contribution is 0.414. The number of rotatable bonds is 7. The Morgan fingerprint density at radius 1 is 1.11 bits per heavy atom. The molecule has 1 aromatic heterocycles. The fraction of sp³-hybridized carbons (Fsp3) is 0.200. The molecule has 0 amide bonds. The molecule has 142 valence electrons. The highest BCUT2D eigenvalue weighted by Crippen LogP contribution is 2.14. The fourth-order valence-corrected chi connectivity index (χ4v) is 2.53. The van der Waals surface area contributed by atoms with Crippen molar-refractivity contribution in [3.63, 3.8) is 0 Å². The first-order valence-electron chi connectivity index (χ1n) is 8.51. The third-order valence-corrected chi connectivity index (χ3v) is 3.96. The molecule has 0 aliphatic heterocycles. The van der Waals surface area contributed by atoms with Crippen LogP contribution in [0, 0.1) is 0 Å². The Kier molecular flexibility index (Phi) is 8.12. The first-order chi connectivity index (χ1) is 12.7. The fourth-order valence-electron chi connectivity index (χ4n) is 2.53. The van der Waals surface area contributed by atoms with Gasteiger partial charge in [0.25, 0.3) is 0 Å². The van der Waals surface area contributed by atoms with Gasteiger partial charge in [-0.05, 0) is 42.3 Å². The summed E-state index contributed by atoms with van der Waals surface area (Å²) in [6, 6.07) is 19.9. The lowest BCUT2D eigenvalue weighted by atomic mass is 10.1. The summed E-state index contributed by atoms with van der Waals surface area (Å²) in [5.41, 5.74) is 9.02. The summed E-state index contributed by atoms with van der Waals surface area (Å²) in [4.78, 5) is 4.35. The summed E-state index contributed by atoms with van der Waals surface area (Å²) in [6.07, 6.45) is 2.81. The normalized spacial score (nSPS) is 10.9. The van der Waals surface area contributed by atoms with Gasteiger partial charge < -0.3 is 15.8 Å². The minimum absolute atomic E-state index is 0. The Hall–Kier alpha value is -2.55. The molecule has 0 atom stereocenters. The maximum absolute atomic E-state index is 5.93. The van der Waals surface area contributed by atoms with Crippen LogP contribution in [0.2, 0.25) is 0 Å². The van der Waals surface area contributed by atoms with Gasteiger partial charge in [0, 0.05) is 12.7 Å². The minimum Gasteiger partial charge on any atom is -0.497 e. The highest BCUT2D eigenvalue weighted by Gasteiger charge is 2.02. The van der Waals surface area contributed by atoms with Crippen molar-refractivity contribution < 1.29 is 4.74 Å². The van der Waals surface area contributed by atoms with E-state index in [-0.39, 0.29) is 24.0 Å². The molecule has 0 aliphatic rings. The molecule has 27 heavy (non-hydrogen) atoms. The van der Waals surface area contributed by atoms with Crippen LogP contribution in [-0.2, 0) is 13.0 Å². The third kappa shape index (κ3) is 6.28. The topological polar surface area (TPSA) is 77.5 Å². The van der Waals surface area contributed by atoms with Crippen molar-refractivity contribution in [3.8, 4) is 11.4 Å². The van der Waals surface area contributed by atoms with Crippen LogP contribution in [0.5, 0.6) is 5.75 Å². The Morgan fingerprint density at radius 3 is 2.56 bits per heavy atom. The molecule has 0 spiro atoms. The molecule has 3 aromatic rings. The van der Waals surface area contributed by atoms with Gasteiger partial charge in [-0.1, -0.05) is 30.3 Å². The van der Waals surface area contributed by atoms with Gasteiger partial charge in [0.15, 0.2) is 5.96 Å². The van der Waals surface area contributed by atoms with Crippen molar-refractivity contribution >= 4 is 29.9 Å². The van der Waals surface area contributed by atoms with Crippen molar-refractivity contribution in [2.45, 2.75) is 13.0 Å². The minimum atomic E-state index is 0. The summed E-state index contributed by atoms with van der Waals surface area (Å²) in [7, 11) is 1.65. The molecule has 0 aliphatic carbocycles. The molecule has 0 unspecified atom stereocenters. The van der Waals surface area contributed by atoms with Gasteiger partial charge >= 0.3 is 0 Å². The number of guanidine groups is 1. The Morgan fingerprint density at radius 2 is 1.85 bits per heavy atom. The second kappa shape index (κ2) is 10.6. The van der Waals surface area contributed by atoms with E-state index in [9.17, 15) is 0 Å². The average molecular weight is 477 g/mol. The van der Waals surface area contributed by atoms with Gasteiger partial charge in [-0.25, -0.2) is 9.67 Å². The number of methoxy groups -OCH3 is 1. The van der Waals surface area contributed by atoms with Gasteiger partial charge in [0.1, 0.15) is 5.75 Å². The van der Waals surface area contributed by atoms with Gasteiger partial charge in [0.2, 0.25) is 0 Å². The van der Waals surface area contributed by atoms with E-state index >= 15 is 0 Å². The quantitative estimate of drug-likeness (QED) is 0.312. The van der Waals surface area contributed by atoms with Gasteiger partial charge in [0.05, 0.1) is 25.0 Å². The molecule has 3 N–H and O–H groups in total. The van der Waals surface area contributed by atoms with Crippen molar-refractivity contribution in [1.29, 1.82) is 0 Å². The van der Waals surface area contributed by atoms with E-state index in [1.54, 1.807) is 7.11 Å². The maximum atomic E-state index is 5.93. The van der Waals surface area contributed by atoms with Crippen LogP contribution in [-0.4, -0.2) is 29.4 Å². The molecule has 0 radical (unpaired) electrons. The number of halogens is 1. The Bertz CT molecular complexity index is 846. The Labute approximate surface area is 176 Å². The number of benzene rings is 2. The van der Waals surface area contributed by atoms with Crippen molar-refractivity contribution in [3.05, 3.63) is 78.1 Å². The van der Waals surface area contributed by atoms with E-state index in [1.807, 2.05) is 59.4 Å². The van der Waals surface area contributed by atoms with Gasteiger partial charge in [-0.2, -0.15) is 5.10 Å². The number of ether oxygens (including phenoxy) is 1. The molecule has 0 saturated heterocycles. The van der Waals surface area contributed by atoms with Crippen molar-refractivity contribution in [1.82, 2.24) is 15.1 Å². The zero-order valence-electron chi connectivity index (χ0n) is 15.2. The van der Waals surface area contributed by atoms with Gasteiger partial charge in [-0.15, -0.1) is 24.0 Å². The molecular weight excluding hydrogens is 453 g/mol. The zero-order chi connectivity index (χ0) is 18.2.